The van der Waals surface area contributed by atoms with Crippen molar-refractivity contribution in [3.63, 3.8) is 0 Å². The van der Waals surface area contributed by atoms with Gasteiger partial charge in [-0.2, -0.15) is 0 Å². The van der Waals surface area contributed by atoms with Gasteiger partial charge in [0, 0.05) is 19.2 Å². The van der Waals surface area contributed by atoms with Crippen LogP contribution in [0.2, 0.25) is 0 Å². The van der Waals surface area contributed by atoms with Crippen molar-refractivity contribution < 1.29 is 4.79 Å². The highest BCUT2D eigenvalue weighted by atomic mass is 16.1. The molecule has 0 fully saturated rings. The molecular formula is C12H17NO. The van der Waals surface area contributed by atoms with Crippen LogP contribution in [-0.2, 0) is 11.2 Å². The number of hydrogen-bond acceptors (Lipinski definition) is 2. The summed E-state index contributed by atoms with van der Waals surface area (Å²) < 4.78 is 0. The molecule has 0 aliphatic heterocycles. The molecule has 1 rings (SSSR count). The number of carbonyl (C=O) groups excluding carboxylic acids is 1. The Balaban J connectivity index is 2.46. The van der Waals surface area contributed by atoms with E-state index in [-0.39, 0.29) is 5.78 Å². The summed E-state index contributed by atoms with van der Waals surface area (Å²) in [6, 6.07) is 8.30. The minimum absolute atomic E-state index is 0.273. The summed E-state index contributed by atoms with van der Waals surface area (Å²) >= 11 is 0. The molecule has 0 bridgehead atoms. The summed E-state index contributed by atoms with van der Waals surface area (Å²) in [7, 11) is 1.91. The molecule has 0 aromatic heterocycles. The average molecular weight is 191 g/mol. The van der Waals surface area contributed by atoms with Gasteiger partial charge in [0.2, 0.25) is 0 Å². The van der Waals surface area contributed by atoms with E-state index in [0.29, 0.717) is 6.42 Å². The van der Waals surface area contributed by atoms with Crippen LogP contribution in [0.15, 0.2) is 24.3 Å². The third kappa shape index (κ3) is 3.60. The number of Topliss-reactive ketones (excluding diaryl/α,β-unsaturated/α-hetero) is 1. The molecule has 0 amide bonds. The molecule has 0 atom stereocenters. The zero-order valence-electron chi connectivity index (χ0n) is 8.84. The maximum Gasteiger partial charge on any atom is 0.129 e. The molecule has 1 N–H and O–H groups in total. The minimum Gasteiger partial charge on any atom is -0.388 e. The van der Waals surface area contributed by atoms with Crippen molar-refractivity contribution in [2.75, 3.05) is 12.4 Å². The second-order valence-corrected chi connectivity index (χ2v) is 3.51. The van der Waals surface area contributed by atoms with Gasteiger partial charge in [0.05, 0.1) is 0 Å². The van der Waals surface area contributed by atoms with E-state index in [1.807, 2.05) is 19.2 Å². The van der Waals surface area contributed by atoms with Gasteiger partial charge >= 0.3 is 0 Å². The Bertz CT molecular complexity index is 307. The highest BCUT2D eigenvalue weighted by Crippen LogP contribution is 2.12. The Morgan fingerprint density at radius 3 is 2.86 bits per heavy atom. The molecule has 0 heterocycles. The lowest BCUT2D eigenvalue weighted by molar-refractivity contribution is -0.117. The van der Waals surface area contributed by atoms with Crippen LogP contribution < -0.4 is 5.32 Å². The van der Waals surface area contributed by atoms with E-state index >= 15 is 0 Å². The number of rotatable bonds is 5. The fourth-order valence-corrected chi connectivity index (χ4v) is 1.42. The molecule has 0 aliphatic rings. The Labute approximate surface area is 85.3 Å². The van der Waals surface area contributed by atoms with Gasteiger partial charge in [-0.25, -0.2) is 0 Å². The maximum atomic E-state index is 10.7. The maximum absolute atomic E-state index is 10.7. The largest absolute Gasteiger partial charge is 0.388 e. The molecule has 2 nitrogen and oxygen atoms in total. The van der Waals surface area contributed by atoms with Gasteiger partial charge in [-0.3, -0.25) is 0 Å². The van der Waals surface area contributed by atoms with Gasteiger partial charge in [0.1, 0.15) is 5.78 Å². The monoisotopic (exact) mass is 191 g/mol. The standard InChI is InChI=1S/C12H17NO/c1-10(14)5-3-6-11-7-4-8-12(9-11)13-2/h4,7-9,13H,3,5-6H2,1-2H3. The molecule has 14 heavy (non-hydrogen) atoms. The first-order valence-corrected chi connectivity index (χ1v) is 4.98. The molecule has 76 valence electrons. The molecular weight excluding hydrogens is 174 g/mol. The molecule has 0 unspecified atom stereocenters. The third-order valence-electron chi connectivity index (χ3n) is 2.21. The van der Waals surface area contributed by atoms with Crippen LogP contribution >= 0.6 is 0 Å². The quantitative estimate of drug-likeness (QED) is 0.775. The summed E-state index contributed by atoms with van der Waals surface area (Å²) in [4.78, 5) is 10.7. The summed E-state index contributed by atoms with van der Waals surface area (Å²) in [5, 5.41) is 3.10. The predicted molar refractivity (Wildman–Crippen MR) is 59.6 cm³/mol. The van der Waals surface area contributed by atoms with Crippen LogP contribution in [0.3, 0.4) is 0 Å². The predicted octanol–water partition coefficient (Wildman–Crippen LogP) is 2.64. The van der Waals surface area contributed by atoms with Crippen molar-refractivity contribution in [2.45, 2.75) is 26.2 Å². The van der Waals surface area contributed by atoms with Gasteiger partial charge in [-0.15, -0.1) is 0 Å². The van der Waals surface area contributed by atoms with Gasteiger partial charge in [-0.1, -0.05) is 12.1 Å². The van der Waals surface area contributed by atoms with Gasteiger partial charge in [0.25, 0.3) is 0 Å². The molecule has 0 saturated heterocycles. The Kier molecular flexibility index (Phi) is 4.17. The van der Waals surface area contributed by atoms with Crippen LogP contribution in [0, 0.1) is 0 Å². The van der Waals surface area contributed by atoms with E-state index in [9.17, 15) is 4.79 Å². The second-order valence-electron chi connectivity index (χ2n) is 3.51. The minimum atomic E-state index is 0.273. The lowest BCUT2D eigenvalue weighted by Crippen LogP contribution is -1.94. The van der Waals surface area contributed by atoms with Crippen LogP contribution in [0.4, 0.5) is 5.69 Å². The Morgan fingerprint density at radius 1 is 1.43 bits per heavy atom. The Hall–Kier alpha value is -1.31. The summed E-state index contributed by atoms with van der Waals surface area (Å²) in [6.07, 6.45) is 2.61. The van der Waals surface area contributed by atoms with Crippen molar-refractivity contribution in [2.24, 2.45) is 0 Å². The third-order valence-corrected chi connectivity index (χ3v) is 2.21. The van der Waals surface area contributed by atoms with Crippen LogP contribution in [0.1, 0.15) is 25.3 Å². The van der Waals surface area contributed by atoms with Crippen molar-refractivity contribution in [1.29, 1.82) is 0 Å². The van der Waals surface area contributed by atoms with E-state index < -0.39 is 0 Å². The number of benzene rings is 1. The first-order valence-electron chi connectivity index (χ1n) is 4.98. The molecule has 2 heteroatoms. The fraction of sp³-hybridized carbons (Fsp3) is 0.417. The molecule has 0 spiro atoms. The molecule has 1 aromatic rings. The lowest BCUT2D eigenvalue weighted by Gasteiger charge is -2.03. The van der Waals surface area contributed by atoms with Crippen LogP contribution in [0.5, 0.6) is 0 Å². The molecule has 0 saturated carbocycles. The van der Waals surface area contributed by atoms with E-state index in [2.05, 4.69) is 17.4 Å². The number of anilines is 1. The Morgan fingerprint density at radius 2 is 2.21 bits per heavy atom. The summed E-state index contributed by atoms with van der Waals surface area (Å²) in [5.74, 6) is 0.273. The first kappa shape index (κ1) is 10.8. The number of nitrogens with one attached hydrogen (secondary N) is 1. The van der Waals surface area contributed by atoms with Crippen LogP contribution in [0.25, 0.3) is 0 Å². The van der Waals surface area contributed by atoms with Crippen molar-refractivity contribution in [3.05, 3.63) is 29.8 Å². The fourth-order valence-electron chi connectivity index (χ4n) is 1.42. The number of aryl methyl sites for hydroxylation is 1. The van der Waals surface area contributed by atoms with Crippen LogP contribution in [-0.4, -0.2) is 12.8 Å². The van der Waals surface area contributed by atoms with Gasteiger partial charge in [-0.05, 0) is 37.5 Å². The van der Waals surface area contributed by atoms with Crippen molar-refractivity contribution >= 4 is 11.5 Å². The second kappa shape index (κ2) is 5.43. The smallest absolute Gasteiger partial charge is 0.129 e. The van der Waals surface area contributed by atoms with E-state index in [0.717, 1.165) is 18.5 Å². The first-order chi connectivity index (χ1) is 6.72. The SMILES string of the molecule is CNc1cccc(CCCC(C)=O)c1. The molecule has 1 aromatic carbocycles. The number of carbonyl (C=O) groups is 1. The zero-order valence-corrected chi connectivity index (χ0v) is 8.84. The molecule has 0 aliphatic carbocycles. The van der Waals surface area contributed by atoms with E-state index in [4.69, 9.17) is 0 Å². The normalized spacial score (nSPS) is 9.86. The van der Waals surface area contributed by atoms with E-state index in [1.54, 1.807) is 6.92 Å². The molecule has 0 radical (unpaired) electrons. The number of ketones is 1. The van der Waals surface area contributed by atoms with Gasteiger partial charge < -0.3 is 10.1 Å². The topological polar surface area (TPSA) is 29.1 Å². The average Bonchev–Trinajstić information content (AvgIpc) is 2.18. The van der Waals surface area contributed by atoms with Gasteiger partial charge in [0.15, 0.2) is 0 Å². The highest BCUT2D eigenvalue weighted by molar-refractivity contribution is 5.75. The summed E-state index contributed by atoms with van der Waals surface area (Å²) in [5.41, 5.74) is 2.42. The zero-order chi connectivity index (χ0) is 10.4. The highest BCUT2D eigenvalue weighted by Gasteiger charge is 1.97. The summed E-state index contributed by atoms with van der Waals surface area (Å²) in [6.45, 7) is 1.64. The lowest BCUT2D eigenvalue weighted by atomic mass is 10.1. The van der Waals surface area contributed by atoms with E-state index in [1.165, 1.54) is 5.56 Å². The van der Waals surface area contributed by atoms with Crippen molar-refractivity contribution in [3.8, 4) is 0 Å². The van der Waals surface area contributed by atoms with Crippen molar-refractivity contribution in [1.82, 2.24) is 0 Å². The number of hydrogen-bond donors (Lipinski definition) is 1.